The van der Waals surface area contributed by atoms with Gasteiger partial charge in [-0.1, -0.05) is 35.3 Å². The van der Waals surface area contributed by atoms with Gasteiger partial charge in [-0.05, 0) is 24.3 Å². The zero-order valence-corrected chi connectivity index (χ0v) is 11.6. The summed E-state index contributed by atoms with van der Waals surface area (Å²) in [5.41, 5.74) is 0.178. The topological polar surface area (TPSA) is 46.5 Å². The minimum Gasteiger partial charge on any atom is -0.486 e. The third kappa shape index (κ3) is 3.21. The second-order valence-corrected chi connectivity index (χ2v) is 4.79. The van der Waals surface area contributed by atoms with Gasteiger partial charge in [0.2, 0.25) is 0 Å². The highest BCUT2D eigenvalue weighted by atomic mass is 35.5. The molecular weight excluding hydrogens is 306 g/mol. The Balaban J connectivity index is 2.25. The van der Waals surface area contributed by atoms with Gasteiger partial charge in [-0.3, -0.25) is 0 Å². The van der Waals surface area contributed by atoms with Gasteiger partial charge >= 0.3 is 5.97 Å². The summed E-state index contributed by atoms with van der Waals surface area (Å²) in [6, 6.07) is 8.51. The predicted molar refractivity (Wildman–Crippen MR) is 74.2 cm³/mol. The fraction of sp³-hybridized carbons (Fsp3) is 0.0714. The van der Waals surface area contributed by atoms with Crippen molar-refractivity contribution in [1.29, 1.82) is 0 Å². The monoisotopic (exact) mass is 314 g/mol. The fourth-order valence-corrected chi connectivity index (χ4v) is 2.00. The van der Waals surface area contributed by atoms with E-state index in [0.717, 1.165) is 6.07 Å². The van der Waals surface area contributed by atoms with Crippen molar-refractivity contribution in [3.63, 3.8) is 0 Å². The Labute approximate surface area is 124 Å². The molecule has 20 heavy (non-hydrogen) atoms. The first kappa shape index (κ1) is 14.6. The highest BCUT2D eigenvalue weighted by Crippen LogP contribution is 2.29. The number of hydrogen-bond acceptors (Lipinski definition) is 2. The van der Waals surface area contributed by atoms with E-state index in [9.17, 15) is 9.18 Å². The van der Waals surface area contributed by atoms with E-state index in [2.05, 4.69) is 0 Å². The quantitative estimate of drug-likeness (QED) is 0.909. The van der Waals surface area contributed by atoms with Crippen molar-refractivity contribution in [1.82, 2.24) is 0 Å². The summed E-state index contributed by atoms with van der Waals surface area (Å²) in [5, 5.41) is 9.47. The van der Waals surface area contributed by atoms with Crippen molar-refractivity contribution in [3.05, 3.63) is 63.4 Å². The molecule has 0 atom stereocenters. The number of hydrogen-bond donors (Lipinski definition) is 1. The molecule has 0 fully saturated rings. The molecule has 2 rings (SSSR count). The number of benzene rings is 2. The molecule has 104 valence electrons. The Morgan fingerprint density at radius 3 is 2.65 bits per heavy atom. The van der Waals surface area contributed by atoms with Crippen molar-refractivity contribution >= 4 is 29.2 Å². The standard InChI is InChI=1S/C14H9Cl2FO3/c15-9-5-4-8(12(17)6-9)7-20-13-10(14(18)19)2-1-3-11(13)16/h1-6H,7H2,(H,18,19). The Morgan fingerprint density at radius 1 is 1.25 bits per heavy atom. The van der Waals surface area contributed by atoms with Gasteiger partial charge in [0.1, 0.15) is 18.0 Å². The summed E-state index contributed by atoms with van der Waals surface area (Å²) < 4.78 is 18.9. The lowest BCUT2D eigenvalue weighted by Gasteiger charge is -2.11. The van der Waals surface area contributed by atoms with Gasteiger partial charge in [0.05, 0.1) is 5.02 Å². The van der Waals surface area contributed by atoms with Gasteiger partial charge in [-0.25, -0.2) is 9.18 Å². The van der Waals surface area contributed by atoms with Crippen LogP contribution in [0.4, 0.5) is 4.39 Å². The molecule has 2 aromatic rings. The average molecular weight is 315 g/mol. The van der Waals surface area contributed by atoms with Gasteiger partial charge < -0.3 is 9.84 Å². The van der Waals surface area contributed by atoms with Crippen LogP contribution in [0.25, 0.3) is 0 Å². The second-order valence-electron chi connectivity index (χ2n) is 3.95. The first-order valence-electron chi connectivity index (χ1n) is 5.57. The second kappa shape index (κ2) is 6.11. The van der Waals surface area contributed by atoms with Crippen LogP contribution >= 0.6 is 23.2 Å². The van der Waals surface area contributed by atoms with Crippen LogP contribution in [0.5, 0.6) is 5.75 Å². The van der Waals surface area contributed by atoms with Gasteiger partial charge in [0, 0.05) is 10.6 Å². The van der Waals surface area contributed by atoms with E-state index < -0.39 is 11.8 Å². The van der Waals surface area contributed by atoms with E-state index in [1.807, 2.05) is 0 Å². The lowest BCUT2D eigenvalue weighted by molar-refractivity contribution is 0.0691. The van der Waals surface area contributed by atoms with Crippen LogP contribution in [0.3, 0.4) is 0 Å². The van der Waals surface area contributed by atoms with Gasteiger partial charge in [-0.15, -0.1) is 0 Å². The Hall–Kier alpha value is -1.78. The molecule has 0 aliphatic carbocycles. The molecule has 0 aromatic heterocycles. The van der Waals surface area contributed by atoms with Crippen LogP contribution in [-0.4, -0.2) is 11.1 Å². The molecule has 0 aliphatic rings. The fourth-order valence-electron chi connectivity index (χ4n) is 1.61. The maximum atomic E-state index is 13.6. The number of para-hydroxylation sites is 1. The maximum absolute atomic E-state index is 13.6. The average Bonchev–Trinajstić information content (AvgIpc) is 2.38. The van der Waals surface area contributed by atoms with E-state index in [1.54, 1.807) is 0 Å². The van der Waals surface area contributed by atoms with Crippen LogP contribution in [-0.2, 0) is 6.61 Å². The first-order valence-corrected chi connectivity index (χ1v) is 6.33. The van der Waals surface area contributed by atoms with E-state index >= 15 is 0 Å². The van der Waals surface area contributed by atoms with Crippen LogP contribution < -0.4 is 4.74 Å². The summed E-state index contributed by atoms with van der Waals surface area (Å²) in [6.45, 7) is -0.146. The van der Waals surface area contributed by atoms with Crippen LogP contribution in [0, 0.1) is 5.82 Å². The first-order chi connectivity index (χ1) is 9.49. The zero-order chi connectivity index (χ0) is 14.7. The Kier molecular flexibility index (Phi) is 4.47. The molecule has 0 spiro atoms. The molecule has 0 saturated heterocycles. The maximum Gasteiger partial charge on any atom is 0.339 e. The van der Waals surface area contributed by atoms with E-state index in [4.69, 9.17) is 33.0 Å². The number of carboxylic acids is 1. The predicted octanol–water partition coefficient (Wildman–Crippen LogP) is 4.41. The SMILES string of the molecule is O=C(O)c1cccc(Cl)c1OCc1ccc(Cl)cc1F. The molecule has 0 saturated carbocycles. The summed E-state index contributed by atoms with van der Waals surface area (Å²) in [7, 11) is 0. The molecule has 0 radical (unpaired) electrons. The number of halogens is 3. The van der Waals surface area contributed by atoms with Crippen molar-refractivity contribution in [2.75, 3.05) is 0 Å². The highest BCUT2D eigenvalue weighted by Gasteiger charge is 2.15. The third-order valence-electron chi connectivity index (χ3n) is 2.58. The molecule has 1 N–H and O–H groups in total. The number of rotatable bonds is 4. The van der Waals surface area contributed by atoms with Crippen molar-refractivity contribution in [2.24, 2.45) is 0 Å². The molecule has 0 heterocycles. The number of aromatic carboxylic acids is 1. The molecule has 2 aromatic carbocycles. The van der Waals surface area contributed by atoms with Crippen LogP contribution in [0.15, 0.2) is 36.4 Å². The zero-order valence-electron chi connectivity index (χ0n) is 10.1. The smallest absolute Gasteiger partial charge is 0.339 e. The number of carboxylic acid groups (broad SMARTS) is 1. The Morgan fingerprint density at radius 2 is 2.00 bits per heavy atom. The van der Waals surface area contributed by atoms with Gasteiger partial charge in [0.25, 0.3) is 0 Å². The molecule has 0 bridgehead atoms. The summed E-state index contributed by atoms with van der Waals surface area (Å²) in [6.07, 6.45) is 0. The normalized spacial score (nSPS) is 10.3. The molecule has 0 amide bonds. The van der Waals surface area contributed by atoms with E-state index in [1.165, 1.54) is 30.3 Å². The highest BCUT2D eigenvalue weighted by molar-refractivity contribution is 6.32. The van der Waals surface area contributed by atoms with Gasteiger partial charge in [-0.2, -0.15) is 0 Å². The minimum atomic E-state index is -1.17. The molecule has 6 heteroatoms. The van der Waals surface area contributed by atoms with Crippen LogP contribution in [0.2, 0.25) is 10.0 Å². The van der Waals surface area contributed by atoms with Crippen molar-refractivity contribution in [3.8, 4) is 5.75 Å². The molecule has 0 unspecified atom stereocenters. The summed E-state index contributed by atoms with van der Waals surface area (Å²) >= 11 is 11.5. The number of carbonyl (C=O) groups is 1. The Bertz CT molecular complexity index is 659. The van der Waals surface area contributed by atoms with Gasteiger partial charge in [0.15, 0.2) is 5.75 Å². The summed E-state index contributed by atoms with van der Waals surface area (Å²) in [5.74, 6) is -1.68. The van der Waals surface area contributed by atoms with E-state index in [0.29, 0.717) is 0 Å². The molecule has 0 aliphatic heterocycles. The van der Waals surface area contributed by atoms with Crippen molar-refractivity contribution in [2.45, 2.75) is 6.61 Å². The molecular formula is C14H9Cl2FO3. The van der Waals surface area contributed by atoms with Crippen molar-refractivity contribution < 1.29 is 19.0 Å². The lowest BCUT2D eigenvalue weighted by atomic mass is 10.2. The minimum absolute atomic E-state index is 0.0102. The largest absolute Gasteiger partial charge is 0.486 e. The van der Waals surface area contributed by atoms with E-state index in [-0.39, 0.29) is 33.5 Å². The summed E-state index contributed by atoms with van der Waals surface area (Å²) in [4.78, 5) is 11.1. The third-order valence-corrected chi connectivity index (χ3v) is 3.12. The number of ether oxygens (including phenoxy) is 1. The van der Waals surface area contributed by atoms with Crippen LogP contribution in [0.1, 0.15) is 15.9 Å². The molecule has 3 nitrogen and oxygen atoms in total. The lowest BCUT2D eigenvalue weighted by Crippen LogP contribution is -2.05.